The lowest BCUT2D eigenvalue weighted by Gasteiger charge is -2.48. The zero-order chi connectivity index (χ0) is 24.0. The zero-order valence-electron chi connectivity index (χ0n) is 18.6. The van der Waals surface area contributed by atoms with Crippen molar-refractivity contribution in [3.63, 3.8) is 0 Å². The number of halogens is 2. The second-order valence-corrected chi connectivity index (χ2v) is 9.39. The van der Waals surface area contributed by atoms with Crippen LogP contribution >= 0.6 is 0 Å². The molecule has 2 fully saturated rings. The van der Waals surface area contributed by atoms with E-state index in [0.29, 0.717) is 18.2 Å². The molecule has 0 spiro atoms. The Labute approximate surface area is 196 Å². The second kappa shape index (κ2) is 8.81. The molecule has 2 aromatic carbocycles. The molecule has 0 saturated heterocycles. The van der Waals surface area contributed by atoms with Gasteiger partial charge in [-0.15, -0.1) is 0 Å². The fourth-order valence-electron chi connectivity index (χ4n) is 5.71. The van der Waals surface area contributed by atoms with E-state index in [0.717, 1.165) is 37.3 Å². The summed E-state index contributed by atoms with van der Waals surface area (Å²) >= 11 is 0. The van der Waals surface area contributed by atoms with Crippen LogP contribution in [0, 0.1) is 17.6 Å². The van der Waals surface area contributed by atoms with Crippen molar-refractivity contribution >= 4 is 23.5 Å². The predicted molar refractivity (Wildman–Crippen MR) is 120 cm³/mol. The molecule has 34 heavy (non-hydrogen) atoms. The lowest BCUT2D eigenvalue weighted by Crippen LogP contribution is -2.53. The molecular formula is C26H26F2N2O4. The molecule has 2 aromatic rings. The highest BCUT2D eigenvalue weighted by atomic mass is 19.1. The molecule has 0 bridgehead atoms. The molecule has 1 aliphatic heterocycles. The van der Waals surface area contributed by atoms with E-state index in [1.807, 2.05) is 23.1 Å². The van der Waals surface area contributed by atoms with Crippen molar-refractivity contribution in [3.8, 4) is 0 Å². The molecule has 2 saturated carbocycles. The summed E-state index contributed by atoms with van der Waals surface area (Å²) in [6.45, 7) is 0. The highest BCUT2D eigenvalue weighted by Crippen LogP contribution is 2.53. The third-order valence-corrected chi connectivity index (χ3v) is 7.24. The minimum absolute atomic E-state index is 0.0447. The van der Waals surface area contributed by atoms with Gasteiger partial charge in [0.15, 0.2) is 0 Å². The summed E-state index contributed by atoms with van der Waals surface area (Å²) in [5.74, 6) is -3.40. The molecule has 8 heteroatoms. The van der Waals surface area contributed by atoms with Gasteiger partial charge in [0.1, 0.15) is 11.6 Å². The number of fused-ring (bicyclic) bond motifs is 2. The number of para-hydroxylation sites is 1. The number of nitrogens with zero attached hydrogens (tertiary/aromatic N) is 2. The number of amides is 2. The van der Waals surface area contributed by atoms with Gasteiger partial charge in [0.25, 0.3) is 5.91 Å². The van der Waals surface area contributed by atoms with Gasteiger partial charge in [-0.25, -0.2) is 8.78 Å². The Kier molecular flexibility index (Phi) is 5.83. The van der Waals surface area contributed by atoms with Crippen LogP contribution in [-0.4, -0.2) is 39.9 Å². The topological polar surface area (TPSA) is 77.9 Å². The van der Waals surface area contributed by atoms with E-state index in [2.05, 4.69) is 0 Å². The van der Waals surface area contributed by atoms with Gasteiger partial charge >= 0.3 is 5.97 Å². The minimum atomic E-state index is -1.01. The zero-order valence-corrected chi connectivity index (χ0v) is 18.6. The molecule has 3 aliphatic rings. The minimum Gasteiger partial charge on any atom is -0.481 e. The molecule has 0 unspecified atom stereocenters. The Hall–Kier alpha value is -3.29. The number of aliphatic carboxylic acids is 1. The molecule has 178 valence electrons. The van der Waals surface area contributed by atoms with E-state index < -0.39 is 23.5 Å². The van der Waals surface area contributed by atoms with Gasteiger partial charge in [0.05, 0.1) is 18.0 Å². The predicted octanol–water partition coefficient (Wildman–Crippen LogP) is 4.69. The third kappa shape index (κ3) is 3.95. The SMILES string of the molecule is O=C(O)CCC(=O)N(C1CC1)[C@H]1c2ccccc2N(C(=O)c2ccc(F)cc2F)[C@@H]2CCC[C@@H]21. The number of benzene rings is 2. The fraction of sp³-hybridized carbons (Fsp3) is 0.423. The van der Waals surface area contributed by atoms with Crippen molar-refractivity contribution in [2.24, 2.45) is 5.92 Å². The molecule has 2 amide bonds. The van der Waals surface area contributed by atoms with Crippen molar-refractivity contribution in [2.45, 2.75) is 63.1 Å². The van der Waals surface area contributed by atoms with E-state index in [9.17, 15) is 23.2 Å². The standard InChI is InChI=1S/C26H26F2N2O4/c27-15-8-11-17(20(28)14-15)26(34)30-21-6-2-1-4-18(21)25(19-5-3-7-22(19)30)29(16-9-10-16)23(31)12-13-24(32)33/h1-2,4,6,8,11,14,16,19,22,25H,3,5,7,9-10,12-13H2,(H,32,33)/t19-,22+,25-/m0/s1. The maximum Gasteiger partial charge on any atom is 0.303 e. The molecule has 3 atom stereocenters. The van der Waals surface area contributed by atoms with E-state index in [-0.39, 0.29) is 48.4 Å². The van der Waals surface area contributed by atoms with Crippen LogP contribution in [0.3, 0.4) is 0 Å². The molecule has 0 aromatic heterocycles. The Balaban J connectivity index is 1.57. The van der Waals surface area contributed by atoms with Crippen LogP contribution in [-0.2, 0) is 9.59 Å². The van der Waals surface area contributed by atoms with Crippen LogP contribution in [0.5, 0.6) is 0 Å². The number of carboxylic acids is 1. The molecular weight excluding hydrogens is 442 g/mol. The van der Waals surface area contributed by atoms with Crippen LogP contribution in [0.2, 0.25) is 0 Å². The number of hydrogen-bond donors (Lipinski definition) is 1. The maximum absolute atomic E-state index is 14.6. The van der Waals surface area contributed by atoms with Gasteiger partial charge in [0.2, 0.25) is 5.91 Å². The summed E-state index contributed by atoms with van der Waals surface area (Å²) in [6, 6.07) is 9.92. The molecule has 0 radical (unpaired) electrons. The van der Waals surface area contributed by atoms with Crippen molar-refractivity contribution < 1.29 is 28.3 Å². The van der Waals surface area contributed by atoms with Gasteiger partial charge in [-0.05, 0) is 49.4 Å². The summed E-state index contributed by atoms with van der Waals surface area (Å²) in [5.41, 5.74) is 1.26. The van der Waals surface area contributed by atoms with Crippen LogP contribution < -0.4 is 4.90 Å². The molecule has 6 nitrogen and oxygen atoms in total. The number of carbonyl (C=O) groups is 3. The second-order valence-electron chi connectivity index (χ2n) is 9.39. The Morgan fingerprint density at radius 3 is 2.47 bits per heavy atom. The van der Waals surface area contributed by atoms with Crippen molar-refractivity contribution in [2.75, 3.05) is 4.90 Å². The number of anilines is 1. The number of rotatable bonds is 6. The van der Waals surface area contributed by atoms with E-state index >= 15 is 0 Å². The first kappa shape index (κ1) is 22.5. The van der Waals surface area contributed by atoms with E-state index in [4.69, 9.17) is 5.11 Å². The van der Waals surface area contributed by atoms with Crippen LogP contribution in [0.1, 0.15) is 66.9 Å². The van der Waals surface area contributed by atoms with Gasteiger partial charge in [-0.3, -0.25) is 14.4 Å². The summed E-state index contributed by atoms with van der Waals surface area (Å²) in [4.78, 5) is 41.4. The number of hydrogen-bond acceptors (Lipinski definition) is 3. The van der Waals surface area contributed by atoms with Crippen LogP contribution in [0.15, 0.2) is 42.5 Å². The quantitative estimate of drug-likeness (QED) is 0.667. The lowest BCUT2D eigenvalue weighted by molar-refractivity contribution is -0.142. The summed E-state index contributed by atoms with van der Waals surface area (Å²) in [5, 5.41) is 9.09. The average Bonchev–Trinajstić information content (AvgIpc) is 3.52. The highest BCUT2D eigenvalue weighted by molar-refractivity contribution is 6.07. The van der Waals surface area contributed by atoms with E-state index in [1.54, 1.807) is 11.0 Å². The van der Waals surface area contributed by atoms with Crippen molar-refractivity contribution in [1.29, 1.82) is 0 Å². The molecule has 2 aliphatic carbocycles. The summed E-state index contributed by atoms with van der Waals surface area (Å²) in [6.07, 6.45) is 3.83. The van der Waals surface area contributed by atoms with Gasteiger partial charge in [-0.2, -0.15) is 0 Å². The van der Waals surface area contributed by atoms with E-state index in [1.165, 1.54) is 6.07 Å². The number of carbonyl (C=O) groups excluding carboxylic acids is 2. The summed E-state index contributed by atoms with van der Waals surface area (Å²) in [7, 11) is 0. The number of carboxylic acid groups (broad SMARTS) is 1. The van der Waals surface area contributed by atoms with Crippen molar-refractivity contribution in [1.82, 2.24) is 4.90 Å². The van der Waals surface area contributed by atoms with Gasteiger partial charge in [0, 0.05) is 36.2 Å². The maximum atomic E-state index is 14.6. The first-order valence-corrected chi connectivity index (χ1v) is 11.8. The van der Waals surface area contributed by atoms with Gasteiger partial charge in [-0.1, -0.05) is 24.6 Å². The molecule has 1 heterocycles. The Morgan fingerprint density at radius 1 is 1.00 bits per heavy atom. The first-order chi connectivity index (χ1) is 16.4. The summed E-state index contributed by atoms with van der Waals surface area (Å²) < 4.78 is 28.0. The molecule has 5 rings (SSSR count). The Bertz CT molecular complexity index is 1150. The van der Waals surface area contributed by atoms with Crippen LogP contribution in [0.25, 0.3) is 0 Å². The van der Waals surface area contributed by atoms with Gasteiger partial charge < -0.3 is 14.9 Å². The highest BCUT2D eigenvalue weighted by Gasteiger charge is 2.51. The monoisotopic (exact) mass is 468 g/mol. The largest absolute Gasteiger partial charge is 0.481 e. The lowest BCUT2D eigenvalue weighted by atomic mass is 9.81. The first-order valence-electron chi connectivity index (χ1n) is 11.8. The Morgan fingerprint density at radius 2 is 1.76 bits per heavy atom. The third-order valence-electron chi connectivity index (χ3n) is 7.24. The normalized spacial score (nSPS) is 23.2. The smallest absolute Gasteiger partial charge is 0.303 e. The fourth-order valence-corrected chi connectivity index (χ4v) is 5.71. The molecule has 1 N–H and O–H groups in total. The van der Waals surface area contributed by atoms with Crippen molar-refractivity contribution in [3.05, 3.63) is 65.2 Å². The average molecular weight is 469 g/mol. The van der Waals surface area contributed by atoms with Crippen LogP contribution in [0.4, 0.5) is 14.5 Å².